The first kappa shape index (κ1) is 16.6. The number of methoxy groups -OCH3 is 1. The zero-order chi connectivity index (χ0) is 18.5. The number of hydrogen-bond acceptors (Lipinski definition) is 6. The van der Waals surface area contributed by atoms with Crippen molar-refractivity contribution in [3.63, 3.8) is 0 Å². The molecule has 1 aliphatic heterocycles. The number of rotatable bonds is 3. The lowest BCUT2D eigenvalue weighted by Gasteiger charge is -2.38. The molecule has 0 amide bonds. The van der Waals surface area contributed by atoms with Gasteiger partial charge in [0, 0.05) is 19.0 Å². The summed E-state index contributed by atoms with van der Waals surface area (Å²) in [6.45, 7) is 6.09. The standard InChI is InChI=1S/C19H23N5O2/c1-11-21-17(14-10-20-24(4)18(14)22-11)23-15-9-19(2,3)26-16-7-6-12(25-5)8-13(15)16/h6-8,10,15H,9H2,1-5H3,(H,21,22,23). The van der Waals surface area contributed by atoms with Gasteiger partial charge < -0.3 is 14.8 Å². The second kappa shape index (κ2) is 5.86. The molecule has 1 aliphatic rings. The summed E-state index contributed by atoms with van der Waals surface area (Å²) in [4.78, 5) is 9.12. The summed E-state index contributed by atoms with van der Waals surface area (Å²) < 4.78 is 13.3. The molecule has 0 aliphatic carbocycles. The van der Waals surface area contributed by atoms with Crippen molar-refractivity contribution in [1.82, 2.24) is 19.7 Å². The molecule has 0 saturated heterocycles. The van der Waals surface area contributed by atoms with Crippen LogP contribution in [0.4, 0.5) is 5.82 Å². The van der Waals surface area contributed by atoms with Gasteiger partial charge in [-0.2, -0.15) is 5.10 Å². The first-order valence-corrected chi connectivity index (χ1v) is 8.66. The highest BCUT2D eigenvalue weighted by Crippen LogP contribution is 2.43. The Labute approximate surface area is 152 Å². The van der Waals surface area contributed by atoms with E-state index >= 15 is 0 Å². The molecule has 136 valence electrons. The van der Waals surface area contributed by atoms with Crippen LogP contribution in [-0.4, -0.2) is 32.5 Å². The van der Waals surface area contributed by atoms with Crippen LogP contribution in [0.25, 0.3) is 11.0 Å². The molecule has 4 rings (SSSR count). The van der Waals surface area contributed by atoms with Crippen molar-refractivity contribution in [1.29, 1.82) is 0 Å². The molecule has 0 bridgehead atoms. The molecular weight excluding hydrogens is 330 g/mol. The van der Waals surface area contributed by atoms with Crippen LogP contribution in [0.3, 0.4) is 0 Å². The molecule has 1 aromatic carbocycles. The van der Waals surface area contributed by atoms with Crippen molar-refractivity contribution >= 4 is 16.9 Å². The maximum absolute atomic E-state index is 6.16. The van der Waals surface area contributed by atoms with Crippen LogP contribution < -0.4 is 14.8 Å². The van der Waals surface area contributed by atoms with Crippen molar-refractivity contribution in [2.75, 3.05) is 12.4 Å². The van der Waals surface area contributed by atoms with Crippen LogP contribution in [0.2, 0.25) is 0 Å². The minimum absolute atomic E-state index is 0.0431. The Morgan fingerprint density at radius 3 is 2.88 bits per heavy atom. The average Bonchev–Trinajstić information content (AvgIpc) is 2.95. The number of nitrogens with zero attached hydrogens (tertiary/aromatic N) is 4. The third-order valence-corrected chi connectivity index (χ3v) is 4.69. The largest absolute Gasteiger partial charge is 0.497 e. The van der Waals surface area contributed by atoms with E-state index in [0.717, 1.165) is 40.3 Å². The minimum atomic E-state index is -0.282. The molecule has 7 nitrogen and oxygen atoms in total. The lowest BCUT2D eigenvalue weighted by molar-refractivity contribution is 0.0757. The Balaban J connectivity index is 1.79. The number of fused-ring (bicyclic) bond motifs is 2. The predicted octanol–water partition coefficient (Wildman–Crippen LogP) is 3.39. The van der Waals surface area contributed by atoms with Crippen LogP contribution in [0.5, 0.6) is 11.5 Å². The molecule has 3 aromatic rings. The van der Waals surface area contributed by atoms with Gasteiger partial charge in [0.15, 0.2) is 5.65 Å². The SMILES string of the molecule is COc1ccc2c(c1)C(Nc1nc(C)nc3c1cnn3C)CC(C)(C)O2. The fraction of sp³-hybridized carbons (Fsp3) is 0.421. The number of benzene rings is 1. The molecule has 0 saturated carbocycles. The van der Waals surface area contributed by atoms with Gasteiger partial charge in [-0.15, -0.1) is 0 Å². The molecule has 1 atom stereocenters. The molecule has 0 radical (unpaired) electrons. The van der Waals surface area contributed by atoms with Gasteiger partial charge in [-0.05, 0) is 39.0 Å². The third-order valence-electron chi connectivity index (χ3n) is 4.69. The molecule has 26 heavy (non-hydrogen) atoms. The summed E-state index contributed by atoms with van der Waals surface area (Å²) in [5, 5.41) is 8.83. The zero-order valence-corrected chi connectivity index (χ0v) is 15.7. The lowest BCUT2D eigenvalue weighted by Crippen LogP contribution is -2.37. The number of anilines is 1. The maximum atomic E-state index is 6.16. The highest BCUT2D eigenvalue weighted by Gasteiger charge is 2.34. The van der Waals surface area contributed by atoms with Gasteiger partial charge in [-0.3, -0.25) is 4.68 Å². The molecule has 3 heterocycles. The predicted molar refractivity (Wildman–Crippen MR) is 99.7 cm³/mol. The van der Waals surface area contributed by atoms with E-state index < -0.39 is 0 Å². The highest BCUT2D eigenvalue weighted by molar-refractivity contribution is 5.86. The molecule has 2 aromatic heterocycles. The van der Waals surface area contributed by atoms with E-state index in [4.69, 9.17) is 9.47 Å². The molecule has 0 fully saturated rings. The van der Waals surface area contributed by atoms with Crippen molar-refractivity contribution in [3.8, 4) is 11.5 Å². The van der Waals surface area contributed by atoms with Crippen LogP contribution >= 0.6 is 0 Å². The summed E-state index contributed by atoms with van der Waals surface area (Å²) in [6.07, 6.45) is 2.60. The topological polar surface area (TPSA) is 74.1 Å². The monoisotopic (exact) mass is 353 g/mol. The van der Waals surface area contributed by atoms with Gasteiger partial charge in [0.25, 0.3) is 0 Å². The van der Waals surface area contributed by atoms with Crippen molar-refractivity contribution in [2.24, 2.45) is 7.05 Å². The van der Waals surface area contributed by atoms with Crippen molar-refractivity contribution in [2.45, 2.75) is 38.8 Å². The highest BCUT2D eigenvalue weighted by atomic mass is 16.5. The van der Waals surface area contributed by atoms with Crippen molar-refractivity contribution < 1.29 is 9.47 Å². The summed E-state index contributed by atoms with van der Waals surface area (Å²) in [6, 6.07) is 5.96. The van der Waals surface area contributed by atoms with E-state index in [2.05, 4.69) is 34.2 Å². The molecule has 1 unspecified atom stereocenters. The Bertz CT molecular complexity index is 979. The summed E-state index contributed by atoms with van der Waals surface area (Å²) >= 11 is 0. The number of hydrogen-bond donors (Lipinski definition) is 1. The summed E-state index contributed by atoms with van der Waals surface area (Å²) in [5.74, 6) is 3.18. The van der Waals surface area contributed by atoms with Crippen LogP contribution in [-0.2, 0) is 7.05 Å². The first-order chi connectivity index (χ1) is 12.4. The van der Waals surface area contributed by atoms with E-state index in [9.17, 15) is 0 Å². The second-order valence-corrected chi connectivity index (χ2v) is 7.29. The van der Waals surface area contributed by atoms with Gasteiger partial charge in [0.2, 0.25) is 0 Å². The van der Waals surface area contributed by atoms with E-state index in [1.54, 1.807) is 18.0 Å². The number of nitrogens with one attached hydrogen (secondary N) is 1. The normalized spacial score (nSPS) is 18.3. The van der Waals surface area contributed by atoms with Gasteiger partial charge in [-0.1, -0.05) is 0 Å². The van der Waals surface area contributed by atoms with Gasteiger partial charge in [-0.25, -0.2) is 9.97 Å². The van der Waals surface area contributed by atoms with Gasteiger partial charge >= 0.3 is 0 Å². The Kier molecular flexibility index (Phi) is 3.75. The average molecular weight is 353 g/mol. The lowest BCUT2D eigenvalue weighted by atomic mass is 9.89. The van der Waals surface area contributed by atoms with Crippen LogP contribution in [0.1, 0.15) is 37.7 Å². The second-order valence-electron chi connectivity index (χ2n) is 7.29. The first-order valence-electron chi connectivity index (χ1n) is 8.66. The maximum Gasteiger partial charge on any atom is 0.163 e. The van der Waals surface area contributed by atoms with E-state index in [1.165, 1.54) is 0 Å². The summed E-state index contributed by atoms with van der Waals surface area (Å²) in [7, 11) is 3.56. The fourth-order valence-corrected chi connectivity index (χ4v) is 3.49. The van der Waals surface area contributed by atoms with E-state index in [0.29, 0.717) is 5.82 Å². The van der Waals surface area contributed by atoms with Gasteiger partial charge in [0.05, 0.1) is 24.7 Å². The van der Waals surface area contributed by atoms with Crippen molar-refractivity contribution in [3.05, 3.63) is 35.8 Å². The smallest absolute Gasteiger partial charge is 0.163 e. The molecule has 0 spiro atoms. The summed E-state index contributed by atoms with van der Waals surface area (Å²) in [5.41, 5.74) is 1.60. The molecular formula is C19H23N5O2. The van der Waals surface area contributed by atoms with E-state index in [-0.39, 0.29) is 11.6 Å². The van der Waals surface area contributed by atoms with Crippen LogP contribution in [0, 0.1) is 6.92 Å². The van der Waals surface area contributed by atoms with Crippen LogP contribution in [0.15, 0.2) is 24.4 Å². The van der Waals surface area contributed by atoms with E-state index in [1.807, 2.05) is 32.2 Å². The molecule has 1 N–H and O–H groups in total. The number of aryl methyl sites for hydroxylation is 2. The number of aromatic nitrogens is 4. The third kappa shape index (κ3) is 2.83. The fourth-order valence-electron chi connectivity index (χ4n) is 3.49. The zero-order valence-electron chi connectivity index (χ0n) is 15.7. The Morgan fingerprint density at radius 1 is 1.31 bits per heavy atom. The Hall–Kier alpha value is -2.83. The molecule has 7 heteroatoms. The van der Waals surface area contributed by atoms with Gasteiger partial charge in [0.1, 0.15) is 28.7 Å². The minimum Gasteiger partial charge on any atom is -0.497 e. The number of ether oxygens (including phenoxy) is 2. The quantitative estimate of drug-likeness (QED) is 0.778. The Morgan fingerprint density at radius 2 is 2.12 bits per heavy atom.